The van der Waals surface area contributed by atoms with Gasteiger partial charge in [-0.15, -0.1) is 0 Å². The monoisotopic (exact) mass is 343 g/mol. The lowest BCUT2D eigenvalue weighted by molar-refractivity contribution is 0.0629. The summed E-state index contributed by atoms with van der Waals surface area (Å²) in [6, 6.07) is 5.71. The molecule has 0 radical (unpaired) electrons. The number of carbonyl (C=O) groups excluding carboxylic acids is 1. The first-order valence-electron chi connectivity index (χ1n) is 6.72. The minimum absolute atomic E-state index is 0.0574. The summed E-state index contributed by atoms with van der Waals surface area (Å²) in [4.78, 5) is 14.4. The Morgan fingerprint density at radius 1 is 1.32 bits per heavy atom. The standard InChI is InChI=1S/C15H19BrClNO/c1-10-5-3-4-6-14(10)18(2)15(19)11-7-12(16)9-13(17)8-11/h7-10,14H,3-6H2,1-2H3. The molecule has 19 heavy (non-hydrogen) atoms. The van der Waals surface area contributed by atoms with Crippen LogP contribution in [-0.2, 0) is 0 Å². The largest absolute Gasteiger partial charge is 0.338 e. The molecule has 1 fully saturated rings. The second kappa shape index (κ2) is 6.27. The van der Waals surface area contributed by atoms with Crippen molar-refractivity contribution in [2.45, 2.75) is 38.6 Å². The third-order valence-electron chi connectivity index (χ3n) is 3.99. The molecule has 1 amide bonds. The molecule has 2 nitrogen and oxygen atoms in total. The lowest BCUT2D eigenvalue weighted by Crippen LogP contribution is -2.42. The summed E-state index contributed by atoms with van der Waals surface area (Å²) in [5.41, 5.74) is 0.652. The van der Waals surface area contributed by atoms with E-state index >= 15 is 0 Å². The Morgan fingerprint density at radius 3 is 2.63 bits per heavy atom. The molecule has 0 aliphatic heterocycles. The zero-order chi connectivity index (χ0) is 14.0. The van der Waals surface area contributed by atoms with Gasteiger partial charge in [0.05, 0.1) is 0 Å². The fourth-order valence-corrected chi connectivity index (χ4v) is 3.76. The molecule has 1 aromatic carbocycles. The first-order chi connectivity index (χ1) is 8.99. The first-order valence-corrected chi connectivity index (χ1v) is 7.89. The van der Waals surface area contributed by atoms with Crippen LogP contribution in [0.3, 0.4) is 0 Å². The van der Waals surface area contributed by atoms with Crippen LogP contribution in [0, 0.1) is 5.92 Å². The molecule has 1 saturated carbocycles. The fraction of sp³-hybridized carbons (Fsp3) is 0.533. The normalized spacial score (nSPS) is 23.2. The zero-order valence-electron chi connectivity index (χ0n) is 11.3. The van der Waals surface area contributed by atoms with Gasteiger partial charge in [0.25, 0.3) is 5.91 Å². The van der Waals surface area contributed by atoms with Crippen LogP contribution in [-0.4, -0.2) is 23.9 Å². The van der Waals surface area contributed by atoms with E-state index < -0.39 is 0 Å². The van der Waals surface area contributed by atoms with Crippen LogP contribution < -0.4 is 0 Å². The molecule has 0 spiro atoms. The van der Waals surface area contributed by atoms with Crippen molar-refractivity contribution in [1.29, 1.82) is 0 Å². The van der Waals surface area contributed by atoms with Gasteiger partial charge in [-0.05, 0) is 37.0 Å². The van der Waals surface area contributed by atoms with Gasteiger partial charge in [0.2, 0.25) is 0 Å². The van der Waals surface area contributed by atoms with Crippen LogP contribution in [0.2, 0.25) is 5.02 Å². The molecule has 1 aromatic rings. The van der Waals surface area contributed by atoms with Gasteiger partial charge < -0.3 is 4.90 Å². The van der Waals surface area contributed by atoms with Crippen molar-refractivity contribution < 1.29 is 4.79 Å². The summed E-state index contributed by atoms with van der Waals surface area (Å²) in [6.45, 7) is 2.24. The second-order valence-electron chi connectivity index (χ2n) is 5.40. The number of nitrogens with zero attached hydrogens (tertiary/aromatic N) is 1. The number of rotatable bonds is 2. The molecule has 2 unspecified atom stereocenters. The average Bonchev–Trinajstić information content (AvgIpc) is 2.36. The van der Waals surface area contributed by atoms with Crippen molar-refractivity contribution in [2.24, 2.45) is 5.92 Å². The van der Waals surface area contributed by atoms with E-state index in [1.165, 1.54) is 19.3 Å². The molecule has 2 atom stereocenters. The summed E-state index contributed by atoms with van der Waals surface area (Å²) in [7, 11) is 1.91. The van der Waals surface area contributed by atoms with Gasteiger partial charge in [-0.2, -0.15) is 0 Å². The van der Waals surface area contributed by atoms with Crippen molar-refractivity contribution in [3.05, 3.63) is 33.3 Å². The summed E-state index contributed by atoms with van der Waals surface area (Å²) in [5, 5.41) is 0.586. The van der Waals surface area contributed by atoms with Gasteiger partial charge in [0, 0.05) is 28.1 Å². The maximum Gasteiger partial charge on any atom is 0.253 e. The van der Waals surface area contributed by atoms with Crippen molar-refractivity contribution in [3.8, 4) is 0 Å². The molecular weight excluding hydrogens is 326 g/mol. The SMILES string of the molecule is CC1CCCCC1N(C)C(=O)c1cc(Cl)cc(Br)c1. The van der Waals surface area contributed by atoms with Crippen molar-refractivity contribution in [2.75, 3.05) is 7.05 Å². The molecule has 0 N–H and O–H groups in total. The minimum Gasteiger partial charge on any atom is -0.338 e. The third kappa shape index (κ3) is 3.51. The lowest BCUT2D eigenvalue weighted by Gasteiger charge is -2.36. The smallest absolute Gasteiger partial charge is 0.253 e. The van der Waals surface area contributed by atoms with Gasteiger partial charge in [-0.3, -0.25) is 4.79 Å². The Labute approximate surface area is 128 Å². The van der Waals surface area contributed by atoms with E-state index in [1.54, 1.807) is 12.1 Å². The quantitative estimate of drug-likeness (QED) is 0.758. The van der Waals surface area contributed by atoms with Gasteiger partial charge in [-0.25, -0.2) is 0 Å². The van der Waals surface area contributed by atoms with Crippen molar-refractivity contribution in [1.82, 2.24) is 4.90 Å². The molecule has 0 aromatic heterocycles. The van der Waals surface area contributed by atoms with E-state index in [2.05, 4.69) is 22.9 Å². The Morgan fingerprint density at radius 2 is 2.00 bits per heavy atom. The highest BCUT2D eigenvalue weighted by atomic mass is 79.9. The maximum absolute atomic E-state index is 12.5. The zero-order valence-corrected chi connectivity index (χ0v) is 13.7. The molecule has 0 bridgehead atoms. The van der Waals surface area contributed by atoms with Crippen LogP contribution in [0.4, 0.5) is 0 Å². The first kappa shape index (κ1) is 14.9. The van der Waals surface area contributed by atoms with E-state index in [-0.39, 0.29) is 5.91 Å². The van der Waals surface area contributed by atoms with Crippen LogP contribution >= 0.6 is 27.5 Å². The predicted molar refractivity (Wildman–Crippen MR) is 82.7 cm³/mol. The van der Waals surface area contributed by atoms with E-state index in [4.69, 9.17) is 11.6 Å². The highest BCUT2D eigenvalue weighted by Crippen LogP contribution is 2.29. The minimum atomic E-state index is 0.0574. The lowest BCUT2D eigenvalue weighted by atomic mass is 9.85. The van der Waals surface area contributed by atoms with Gasteiger partial charge >= 0.3 is 0 Å². The van der Waals surface area contributed by atoms with E-state index in [0.29, 0.717) is 22.5 Å². The highest BCUT2D eigenvalue weighted by Gasteiger charge is 2.28. The Bertz CT molecular complexity index is 457. The number of hydrogen-bond acceptors (Lipinski definition) is 1. The number of benzene rings is 1. The molecule has 0 saturated heterocycles. The summed E-state index contributed by atoms with van der Waals surface area (Å²) in [5.74, 6) is 0.632. The van der Waals surface area contributed by atoms with Crippen LogP contribution in [0.1, 0.15) is 43.0 Å². The van der Waals surface area contributed by atoms with Crippen LogP contribution in [0.5, 0.6) is 0 Å². The highest BCUT2D eigenvalue weighted by molar-refractivity contribution is 9.10. The van der Waals surface area contributed by atoms with Crippen LogP contribution in [0.15, 0.2) is 22.7 Å². The van der Waals surface area contributed by atoms with E-state index in [0.717, 1.165) is 10.9 Å². The van der Waals surface area contributed by atoms with Gasteiger partial charge in [0.15, 0.2) is 0 Å². The molecular formula is C15H19BrClNO. The fourth-order valence-electron chi connectivity index (χ4n) is 2.90. The summed E-state index contributed by atoms with van der Waals surface area (Å²) < 4.78 is 0.841. The molecule has 0 heterocycles. The third-order valence-corrected chi connectivity index (χ3v) is 4.67. The van der Waals surface area contributed by atoms with Gasteiger partial charge in [0.1, 0.15) is 0 Å². The number of hydrogen-bond donors (Lipinski definition) is 0. The molecule has 2 rings (SSSR count). The molecule has 1 aliphatic carbocycles. The van der Waals surface area contributed by atoms with Crippen LogP contribution in [0.25, 0.3) is 0 Å². The average molecular weight is 345 g/mol. The Hall–Kier alpha value is -0.540. The number of halogens is 2. The second-order valence-corrected chi connectivity index (χ2v) is 6.76. The van der Waals surface area contributed by atoms with E-state index in [9.17, 15) is 4.79 Å². The number of amides is 1. The number of carbonyl (C=O) groups is 1. The van der Waals surface area contributed by atoms with E-state index in [1.807, 2.05) is 18.0 Å². The van der Waals surface area contributed by atoms with Crippen molar-refractivity contribution >= 4 is 33.4 Å². The Balaban J connectivity index is 2.18. The molecule has 4 heteroatoms. The summed E-state index contributed by atoms with van der Waals surface area (Å²) in [6.07, 6.45) is 4.81. The Kier molecular flexibility index (Phi) is 4.91. The molecule has 1 aliphatic rings. The van der Waals surface area contributed by atoms with Crippen molar-refractivity contribution in [3.63, 3.8) is 0 Å². The topological polar surface area (TPSA) is 20.3 Å². The maximum atomic E-state index is 12.5. The predicted octanol–water partition coefficient (Wildman–Crippen LogP) is 4.75. The van der Waals surface area contributed by atoms with Gasteiger partial charge in [-0.1, -0.05) is 47.3 Å². The molecule has 104 valence electrons. The summed E-state index contributed by atoms with van der Waals surface area (Å²) >= 11 is 9.40.